The number of hydrogen-bond donors (Lipinski definition) is 0. The normalized spacial score (nSPS) is 12.9. The van der Waals surface area contributed by atoms with E-state index in [-0.39, 0.29) is 11.0 Å². The SMILES string of the molecule is Cc1cnc(S(=O)(=O)[C@@H](C)c2nc(Cc3ccccc3)no2)nc1. The third kappa shape index (κ3) is 3.33. The van der Waals surface area contributed by atoms with Crippen LogP contribution in [-0.4, -0.2) is 28.5 Å². The molecule has 0 unspecified atom stereocenters. The average molecular weight is 344 g/mol. The van der Waals surface area contributed by atoms with E-state index in [9.17, 15) is 8.42 Å². The second-order valence-corrected chi connectivity index (χ2v) is 7.60. The molecule has 0 amide bonds. The summed E-state index contributed by atoms with van der Waals surface area (Å²) in [4.78, 5) is 12.0. The van der Waals surface area contributed by atoms with Crippen LogP contribution in [0.25, 0.3) is 0 Å². The molecule has 3 rings (SSSR count). The van der Waals surface area contributed by atoms with Gasteiger partial charge in [-0.1, -0.05) is 35.5 Å². The maximum atomic E-state index is 12.6. The first kappa shape index (κ1) is 16.3. The van der Waals surface area contributed by atoms with Gasteiger partial charge in [-0.25, -0.2) is 18.4 Å². The first-order chi connectivity index (χ1) is 11.5. The second kappa shape index (κ2) is 6.48. The molecule has 0 bridgehead atoms. The predicted molar refractivity (Wildman–Crippen MR) is 85.9 cm³/mol. The first-order valence-electron chi connectivity index (χ1n) is 7.36. The van der Waals surface area contributed by atoms with Crippen molar-refractivity contribution >= 4 is 9.84 Å². The molecule has 3 aromatic rings. The monoisotopic (exact) mass is 344 g/mol. The number of aryl methyl sites for hydroxylation is 1. The lowest BCUT2D eigenvalue weighted by Crippen LogP contribution is -2.14. The van der Waals surface area contributed by atoms with E-state index < -0.39 is 15.1 Å². The predicted octanol–water partition coefficient (Wildman–Crippen LogP) is 2.29. The molecule has 0 aliphatic rings. The van der Waals surface area contributed by atoms with Gasteiger partial charge in [0.15, 0.2) is 5.82 Å². The highest BCUT2D eigenvalue weighted by Crippen LogP contribution is 2.25. The van der Waals surface area contributed by atoms with Gasteiger partial charge in [0.25, 0.3) is 0 Å². The Hall–Kier alpha value is -2.61. The molecule has 0 spiro atoms. The number of rotatable bonds is 5. The van der Waals surface area contributed by atoms with Crippen LogP contribution in [0.5, 0.6) is 0 Å². The van der Waals surface area contributed by atoms with E-state index in [0.29, 0.717) is 12.2 Å². The smallest absolute Gasteiger partial charge is 0.247 e. The van der Waals surface area contributed by atoms with Crippen LogP contribution >= 0.6 is 0 Å². The van der Waals surface area contributed by atoms with Crippen LogP contribution in [0.4, 0.5) is 0 Å². The lowest BCUT2D eigenvalue weighted by atomic mass is 10.1. The van der Waals surface area contributed by atoms with Crippen molar-refractivity contribution in [2.75, 3.05) is 0 Å². The van der Waals surface area contributed by atoms with Gasteiger partial charge >= 0.3 is 0 Å². The van der Waals surface area contributed by atoms with Gasteiger partial charge < -0.3 is 4.52 Å². The van der Waals surface area contributed by atoms with Gasteiger partial charge in [0, 0.05) is 18.8 Å². The van der Waals surface area contributed by atoms with Gasteiger partial charge in [0.05, 0.1) is 0 Å². The minimum absolute atomic E-state index is 0.0325. The van der Waals surface area contributed by atoms with E-state index in [1.807, 2.05) is 30.3 Å². The van der Waals surface area contributed by atoms with E-state index in [1.165, 1.54) is 19.3 Å². The zero-order chi connectivity index (χ0) is 17.2. The molecule has 2 aromatic heterocycles. The summed E-state index contributed by atoms with van der Waals surface area (Å²) in [6, 6.07) is 9.63. The fraction of sp³-hybridized carbons (Fsp3) is 0.250. The van der Waals surface area contributed by atoms with E-state index in [1.54, 1.807) is 6.92 Å². The summed E-state index contributed by atoms with van der Waals surface area (Å²) in [7, 11) is -3.79. The van der Waals surface area contributed by atoms with Crippen molar-refractivity contribution in [2.45, 2.75) is 30.7 Å². The molecule has 7 nitrogen and oxygen atoms in total. The summed E-state index contributed by atoms with van der Waals surface area (Å²) in [6.45, 7) is 3.27. The minimum Gasteiger partial charge on any atom is -0.338 e. The molecule has 1 atom stereocenters. The average Bonchev–Trinajstić information content (AvgIpc) is 3.04. The van der Waals surface area contributed by atoms with Gasteiger partial charge in [0.2, 0.25) is 20.9 Å². The van der Waals surface area contributed by atoms with Gasteiger partial charge in [0.1, 0.15) is 5.25 Å². The third-order valence-electron chi connectivity index (χ3n) is 3.51. The highest BCUT2D eigenvalue weighted by atomic mass is 32.2. The molecule has 0 N–H and O–H groups in total. The van der Waals surface area contributed by atoms with Crippen LogP contribution < -0.4 is 0 Å². The molecule has 0 radical (unpaired) electrons. The Morgan fingerprint density at radius 3 is 2.46 bits per heavy atom. The Morgan fingerprint density at radius 1 is 1.12 bits per heavy atom. The third-order valence-corrected chi connectivity index (χ3v) is 5.37. The Balaban J connectivity index is 1.82. The summed E-state index contributed by atoms with van der Waals surface area (Å²) in [5.41, 5.74) is 1.80. The van der Waals surface area contributed by atoms with E-state index in [0.717, 1.165) is 11.1 Å². The Kier molecular flexibility index (Phi) is 4.39. The quantitative estimate of drug-likeness (QED) is 0.655. The molecular weight excluding hydrogens is 328 g/mol. The Labute approximate surface area is 139 Å². The summed E-state index contributed by atoms with van der Waals surface area (Å²) in [5.74, 6) is 0.466. The van der Waals surface area contributed by atoms with Crippen molar-refractivity contribution in [3.8, 4) is 0 Å². The molecule has 0 fully saturated rings. The summed E-state index contributed by atoms with van der Waals surface area (Å²) in [6.07, 6.45) is 3.39. The number of hydrogen-bond acceptors (Lipinski definition) is 7. The maximum absolute atomic E-state index is 12.6. The lowest BCUT2D eigenvalue weighted by molar-refractivity contribution is 0.371. The van der Waals surface area contributed by atoms with Crippen molar-refractivity contribution in [1.82, 2.24) is 20.1 Å². The van der Waals surface area contributed by atoms with E-state index in [2.05, 4.69) is 20.1 Å². The largest absolute Gasteiger partial charge is 0.338 e. The standard InChI is InChI=1S/C16H16N4O3S/c1-11-9-17-16(18-10-11)24(21,22)12(2)15-19-14(20-23-15)8-13-6-4-3-5-7-13/h3-7,9-10,12H,8H2,1-2H3/t12-/m0/s1. The van der Waals surface area contributed by atoms with Gasteiger partial charge in [-0.05, 0) is 25.0 Å². The van der Waals surface area contributed by atoms with Gasteiger partial charge in [-0.2, -0.15) is 4.98 Å². The molecule has 0 saturated heterocycles. The molecule has 0 saturated carbocycles. The summed E-state index contributed by atoms with van der Waals surface area (Å²) < 4.78 is 30.3. The molecular formula is C16H16N4O3S. The number of aromatic nitrogens is 4. The Morgan fingerprint density at radius 2 is 1.79 bits per heavy atom. The number of sulfone groups is 1. The van der Waals surface area contributed by atoms with Crippen LogP contribution in [0.1, 0.15) is 35.0 Å². The highest BCUT2D eigenvalue weighted by molar-refractivity contribution is 7.91. The Bertz CT molecular complexity index is 921. The van der Waals surface area contributed by atoms with Crippen molar-refractivity contribution < 1.29 is 12.9 Å². The van der Waals surface area contributed by atoms with Gasteiger partial charge in [-0.15, -0.1) is 0 Å². The van der Waals surface area contributed by atoms with Crippen LogP contribution in [0.3, 0.4) is 0 Å². The van der Waals surface area contributed by atoms with Crippen LogP contribution in [0.15, 0.2) is 52.4 Å². The van der Waals surface area contributed by atoms with Crippen LogP contribution in [0, 0.1) is 6.92 Å². The maximum Gasteiger partial charge on any atom is 0.247 e. The van der Waals surface area contributed by atoms with Crippen molar-refractivity contribution in [3.63, 3.8) is 0 Å². The van der Waals surface area contributed by atoms with Crippen LogP contribution in [-0.2, 0) is 16.3 Å². The molecule has 0 aliphatic heterocycles. The molecule has 0 aliphatic carbocycles. The number of benzene rings is 1. The topological polar surface area (TPSA) is 98.8 Å². The summed E-state index contributed by atoms with van der Waals surface area (Å²) in [5, 5.41) is 2.60. The van der Waals surface area contributed by atoms with Crippen molar-refractivity contribution in [1.29, 1.82) is 0 Å². The number of nitrogens with zero attached hydrogens (tertiary/aromatic N) is 4. The molecule has 124 valence electrons. The van der Waals surface area contributed by atoms with Gasteiger partial charge in [-0.3, -0.25) is 0 Å². The first-order valence-corrected chi connectivity index (χ1v) is 8.90. The molecule has 24 heavy (non-hydrogen) atoms. The second-order valence-electron chi connectivity index (χ2n) is 5.44. The van der Waals surface area contributed by atoms with E-state index in [4.69, 9.17) is 4.52 Å². The van der Waals surface area contributed by atoms with Crippen molar-refractivity contribution in [3.05, 3.63) is 65.6 Å². The lowest BCUT2D eigenvalue weighted by Gasteiger charge is -2.07. The van der Waals surface area contributed by atoms with Crippen molar-refractivity contribution in [2.24, 2.45) is 0 Å². The fourth-order valence-corrected chi connectivity index (χ4v) is 3.18. The zero-order valence-electron chi connectivity index (χ0n) is 13.2. The van der Waals surface area contributed by atoms with E-state index >= 15 is 0 Å². The minimum atomic E-state index is -3.79. The summed E-state index contributed by atoms with van der Waals surface area (Å²) >= 11 is 0. The van der Waals surface area contributed by atoms with Crippen LogP contribution in [0.2, 0.25) is 0 Å². The molecule has 8 heteroatoms. The molecule has 1 aromatic carbocycles. The molecule has 2 heterocycles. The highest BCUT2D eigenvalue weighted by Gasteiger charge is 2.32. The zero-order valence-corrected chi connectivity index (χ0v) is 14.1. The fourth-order valence-electron chi connectivity index (χ4n) is 2.10.